The first-order valence-electron chi connectivity index (χ1n) is 7.80. The molecular formula is C20H21FO3. The Hall–Kier alpha value is -2.49. The third-order valence-electron chi connectivity index (χ3n) is 3.39. The van der Waals surface area contributed by atoms with Crippen molar-refractivity contribution in [2.45, 2.75) is 39.2 Å². The van der Waals surface area contributed by atoms with Gasteiger partial charge in [0.1, 0.15) is 11.4 Å². The fourth-order valence-electron chi connectivity index (χ4n) is 2.35. The van der Waals surface area contributed by atoms with Gasteiger partial charge in [0.15, 0.2) is 6.29 Å². The predicted molar refractivity (Wildman–Crippen MR) is 90.6 cm³/mol. The quantitative estimate of drug-likeness (QED) is 0.613. The van der Waals surface area contributed by atoms with Gasteiger partial charge < -0.3 is 4.74 Å². The Morgan fingerprint density at radius 3 is 2.21 bits per heavy atom. The van der Waals surface area contributed by atoms with Crippen molar-refractivity contribution in [1.29, 1.82) is 0 Å². The predicted octanol–water partition coefficient (Wildman–Crippen LogP) is 4.11. The summed E-state index contributed by atoms with van der Waals surface area (Å²) < 4.78 is 18.6. The molecule has 0 bridgehead atoms. The molecule has 0 unspecified atom stereocenters. The number of benzene rings is 2. The zero-order valence-corrected chi connectivity index (χ0v) is 14.1. The molecule has 24 heavy (non-hydrogen) atoms. The van der Waals surface area contributed by atoms with Gasteiger partial charge in [-0.3, -0.25) is 9.59 Å². The number of halogens is 1. The lowest BCUT2D eigenvalue weighted by Crippen LogP contribution is -2.24. The Labute approximate surface area is 141 Å². The molecule has 0 aliphatic carbocycles. The van der Waals surface area contributed by atoms with Crippen molar-refractivity contribution < 1.29 is 18.7 Å². The Balaban J connectivity index is 2.02. The van der Waals surface area contributed by atoms with Gasteiger partial charge >= 0.3 is 5.97 Å². The van der Waals surface area contributed by atoms with E-state index in [2.05, 4.69) is 0 Å². The zero-order valence-electron chi connectivity index (χ0n) is 14.1. The van der Waals surface area contributed by atoms with Gasteiger partial charge in [-0.25, -0.2) is 4.39 Å². The van der Waals surface area contributed by atoms with Gasteiger partial charge in [-0.05, 0) is 56.0 Å². The summed E-state index contributed by atoms with van der Waals surface area (Å²) in [6, 6.07) is 12.1. The van der Waals surface area contributed by atoms with Gasteiger partial charge in [-0.2, -0.15) is 0 Å². The maximum absolute atomic E-state index is 13.3. The van der Waals surface area contributed by atoms with Gasteiger partial charge in [0.2, 0.25) is 0 Å². The standard InChI is InChI=1S/C20H21FO3/c1-20(2,3)24-19(23)12-15-6-4-14(5-7-15)10-16-8-9-18(21)17(11-16)13-22/h4-9,11,13H,10,12H2,1-3H3. The van der Waals surface area contributed by atoms with Gasteiger partial charge in [0.05, 0.1) is 12.0 Å². The second-order valence-corrected chi connectivity index (χ2v) is 6.73. The lowest BCUT2D eigenvalue weighted by molar-refractivity contribution is -0.153. The van der Waals surface area contributed by atoms with Crippen molar-refractivity contribution in [3.8, 4) is 0 Å². The molecule has 4 heteroatoms. The van der Waals surface area contributed by atoms with E-state index in [1.54, 1.807) is 12.1 Å². The maximum atomic E-state index is 13.3. The molecule has 0 heterocycles. The number of ether oxygens (including phenoxy) is 1. The molecule has 0 atom stereocenters. The molecule has 2 aromatic rings. The van der Waals surface area contributed by atoms with Crippen molar-refractivity contribution >= 4 is 12.3 Å². The Morgan fingerprint density at radius 1 is 1.04 bits per heavy atom. The maximum Gasteiger partial charge on any atom is 0.310 e. The van der Waals surface area contributed by atoms with Gasteiger partial charge in [-0.1, -0.05) is 30.3 Å². The van der Waals surface area contributed by atoms with Crippen molar-refractivity contribution in [3.05, 3.63) is 70.5 Å². The van der Waals surface area contributed by atoms with E-state index in [-0.39, 0.29) is 18.0 Å². The summed E-state index contributed by atoms with van der Waals surface area (Å²) in [5.74, 6) is -0.772. The SMILES string of the molecule is CC(C)(C)OC(=O)Cc1ccc(Cc2ccc(F)c(C=O)c2)cc1. The third-order valence-corrected chi connectivity index (χ3v) is 3.39. The summed E-state index contributed by atoms with van der Waals surface area (Å²) in [6.07, 6.45) is 1.33. The topological polar surface area (TPSA) is 43.4 Å². The highest BCUT2D eigenvalue weighted by Gasteiger charge is 2.16. The highest BCUT2D eigenvalue weighted by molar-refractivity contribution is 5.75. The second-order valence-electron chi connectivity index (χ2n) is 6.73. The highest BCUT2D eigenvalue weighted by Crippen LogP contribution is 2.15. The van der Waals surface area contributed by atoms with E-state index in [1.807, 2.05) is 45.0 Å². The number of aldehydes is 1. The average molecular weight is 328 g/mol. The summed E-state index contributed by atoms with van der Waals surface area (Å²) >= 11 is 0. The molecule has 2 rings (SSSR count). The Kier molecular flexibility index (Phi) is 5.50. The number of carbonyl (C=O) groups is 2. The van der Waals surface area contributed by atoms with Crippen LogP contribution in [0.2, 0.25) is 0 Å². The van der Waals surface area contributed by atoms with Crippen LogP contribution in [0.4, 0.5) is 4.39 Å². The minimum Gasteiger partial charge on any atom is -0.460 e. The largest absolute Gasteiger partial charge is 0.460 e. The summed E-state index contributed by atoms with van der Waals surface area (Å²) in [4.78, 5) is 22.6. The smallest absolute Gasteiger partial charge is 0.310 e. The second kappa shape index (κ2) is 7.39. The van der Waals surface area contributed by atoms with E-state index in [0.717, 1.165) is 16.7 Å². The summed E-state index contributed by atoms with van der Waals surface area (Å²) in [6.45, 7) is 5.51. The van der Waals surface area contributed by atoms with Crippen LogP contribution in [-0.2, 0) is 22.4 Å². The van der Waals surface area contributed by atoms with Crippen LogP contribution in [0.5, 0.6) is 0 Å². The molecule has 0 aromatic heterocycles. The van der Waals surface area contributed by atoms with Crippen LogP contribution in [0.3, 0.4) is 0 Å². The van der Waals surface area contributed by atoms with Crippen LogP contribution in [0, 0.1) is 5.82 Å². The molecular weight excluding hydrogens is 307 g/mol. The molecule has 0 aliphatic rings. The lowest BCUT2D eigenvalue weighted by Gasteiger charge is -2.19. The Morgan fingerprint density at radius 2 is 1.62 bits per heavy atom. The van der Waals surface area contributed by atoms with E-state index in [9.17, 15) is 14.0 Å². The van der Waals surface area contributed by atoms with E-state index in [0.29, 0.717) is 12.7 Å². The molecule has 0 saturated heterocycles. The third kappa shape index (κ3) is 5.30. The van der Waals surface area contributed by atoms with Crippen molar-refractivity contribution in [2.24, 2.45) is 0 Å². The number of rotatable bonds is 5. The normalized spacial score (nSPS) is 11.2. The van der Waals surface area contributed by atoms with Crippen molar-refractivity contribution in [2.75, 3.05) is 0 Å². The first kappa shape index (κ1) is 17.9. The summed E-state index contributed by atoms with van der Waals surface area (Å²) in [7, 11) is 0. The first-order chi connectivity index (χ1) is 11.3. The van der Waals surface area contributed by atoms with E-state index in [1.165, 1.54) is 6.07 Å². The van der Waals surface area contributed by atoms with Gasteiger partial charge in [0, 0.05) is 0 Å². The minimum absolute atomic E-state index is 0.0639. The minimum atomic E-state index is -0.513. The van der Waals surface area contributed by atoms with E-state index >= 15 is 0 Å². The van der Waals surface area contributed by atoms with Crippen molar-refractivity contribution in [1.82, 2.24) is 0 Å². The fourth-order valence-corrected chi connectivity index (χ4v) is 2.35. The van der Waals surface area contributed by atoms with Crippen molar-refractivity contribution in [3.63, 3.8) is 0 Å². The molecule has 0 aliphatic heterocycles. The highest BCUT2D eigenvalue weighted by atomic mass is 19.1. The number of carbonyl (C=O) groups excluding carboxylic acids is 2. The molecule has 0 spiro atoms. The molecule has 0 fully saturated rings. The van der Waals surface area contributed by atoms with Crippen LogP contribution in [0.15, 0.2) is 42.5 Å². The molecule has 3 nitrogen and oxygen atoms in total. The summed E-state index contributed by atoms with van der Waals surface area (Å²) in [5.41, 5.74) is 2.33. The monoisotopic (exact) mass is 328 g/mol. The van der Waals surface area contributed by atoms with E-state index < -0.39 is 11.4 Å². The van der Waals surface area contributed by atoms with Crippen LogP contribution < -0.4 is 0 Å². The molecule has 126 valence electrons. The van der Waals surface area contributed by atoms with Crippen LogP contribution in [0.25, 0.3) is 0 Å². The van der Waals surface area contributed by atoms with Crippen LogP contribution in [-0.4, -0.2) is 17.9 Å². The van der Waals surface area contributed by atoms with Crippen LogP contribution >= 0.6 is 0 Å². The zero-order chi connectivity index (χ0) is 17.7. The lowest BCUT2D eigenvalue weighted by atomic mass is 10.0. The molecule has 0 amide bonds. The van der Waals surface area contributed by atoms with Gasteiger partial charge in [-0.15, -0.1) is 0 Å². The number of esters is 1. The average Bonchev–Trinajstić information content (AvgIpc) is 2.49. The fraction of sp³-hybridized carbons (Fsp3) is 0.300. The number of hydrogen-bond donors (Lipinski definition) is 0. The first-order valence-corrected chi connectivity index (χ1v) is 7.80. The number of hydrogen-bond acceptors (Lipinski definition) is 3. The summed E-state index contributed by atoms with van der Waals surface area (Å²) in [5, 5.41) is 0. The molecule has 0 N–H and O–H groups in total. The van der Waals surface area contributed by atoms with E-state index in [4.69, 9.17) is 4.74 Å². The Bertz CT molecular complexity index is 728. The molecule has 2 aromatic carbocycles. The van der Waals surface area contributed by atoms with Crippen LogP contribution in [0.1, 0.15) is 47.8 Å². The molecule has 0 radical (unpaired) electrons. The molecule has 0 saturated carbocycles. The van der Waals surface area contributed by atoms with Gasteiger partial charge in [0.25, 0.3) is 0 Å².